The highest BCUT2D eigenvalue weighted by molar-refractivity contribution is 9.10. The number of anilines is 1. The molecule has 0 saturated heterocycles. The van der Waals surface area contributed by atoms with E-state index < -0.39 is 4.92 Å². The van der Waals surface area contributed by atoms with Gasteiger partial charge in [0.1, 0.15) is 5.75 Å². The molecule has 0 heterocycles. The summed E-state index contributed by atoms with van der Waals surface area (Å²) in [6.07, 6.45) is 0. The second kappa shape index (κ2) is 6.13. The van der Waals surface area contributed by atoms with Crippen LogP contribution in [-0.2, 0) is 6.54 Å². The quantitative estimate of drug-likeness (QED) is 0.636. The molecule has 2 N–H and O–H groups in total. The summed E-state index contributed by atoms with van der Waals surface area (Å²) in [5.41, 5.74) is 3.04. The van der Waals surface area contributed by atoms with Gasteiger partial charge in [0, 0.05) is 29.4 Å². The minimum Gasteiger partial charge on any atom is -0.506 e. The fourth-order valence-electron chi connectivity index (χ4n) is 2.12. The fourth-order valence-corrected chi connectivity index (χ4v) is 2.53. The standard InChI is InChI=1S/C15H15BrN2O3/c1-9-6-10(2)14(18(20)21)7-13(9)17-8-11-4-3-5-12(16)15(11)19/h3-7,17,19H,8H2,1-2H3. The van der Waals surface area contributed by atoms with Crippen molar-refractivity contribution >= 4 is 27.3 Å². The average molecular weight is 351 g/mol. The highest BCUT2D eigenvalue weighted by Gasteiger charge is 2.14. The molecule has 0 aliphatic heterocycles. The number of nitro groups is 1. The molecule has 110 valence electrons. The third-order valence-electron chi connectivity index (χ3n) is 3.28. The van der Waals surface area contributed by atoms with Crippen LogP contribution < -0.4 is 5.32 Å². The van der Waals surface area contributed by atoms with Crippen molar-refractivity contribution in [3.63, 3.8) is 0 Å². The molecule has 0 radical (unpaired) electrons. The van der Waals surface area contributed by atoms with E-state index >= 15 is 0 Å². The lowest BCUT2D eigenvalue weighted by Gasteiger charge is -2.12. The Balaban J connectivity index is 2.26. The number of para-hydroxylation sites is 1. The SMILES string of the molecule is Cc1cc(C)c([N+](=O)[O-])cc1NCc1cccc(Br)c1O. The van der Waals surface area contributed by atoms with Gasteiger partial charge in [0.2, 0.25) is 0 Å². The molecule has 6 heteroatoms. The van der Waals surface area contributed by atoms with Crippen LogP contribution in [0.2, 0.25) is 0 Å². The zero-order valence-electron chi connectivity index (χ0n) is 11.7. The number of nitrogens with zero attached hydrogens (tertiary/aromatic N) is 1. The molecule has 2 aromatic carbocycles. The summed E-state index contributed by atoms with van der Waals surface area (Å²) in [6, 6.07) is 8.68. The number of phenolic OH excluding ortho intramolecular Hbond substituents is 1. The maximum Gasteiger partial charge on any atom is 0.274 e. The van der Waals surface area contributed by atoms with Gasteiger partial charge < -0.3 is 10.4 Å². The van der Waals surface area contributed by atoms with Gasteiger partial charge in [0.25, 0.3) is 5.69 Å². The van der Waals surface area contributed by atoms with Crippen LogP contribution in [-0.4, -0.2) is 10.0 Å². The normalized spacial score (nSPS) is 10.4. The summed E-state index contributed by atoms with van der Waals surface area (Å²) in [4.78, 5) is 10.6. The molecule has 21 heavy (non-hydrogen) atoms. The van der Waals surface area contributed by atoms with E-state index in [0.29, 0.717) is 27.8 Å². The van der Waals surface area contributed by atoms with Crippen LogP contribution in [0.5, 0.6) is 5.75 Å². The van der Waals surface area contributed by atoms with Crippen LogP contribution in [0.15, 0.2) is 34.8 Å². The Morgan fingerprint density at radius 3 is 2.67 bits per heavy atom. The van der Waals surface area contributed by atoms with Crippen molar-refractivity contribution in [3.05, 3.63) is 61.6 Å². The second-order valence-corrected chi connectivity index (χ2v) is 5.67. The fraction of sp³-hybridized carbons (Fsp3) is 0.200. The van der Waals surface area contributed by atoms with E-state index in [-0.39, 0.29) is 11.4 Å². The van der Waals surface area contributed by atoms with E-state index in [0.717, 1.165) is 5.56 Å². The molecule has 0 saturated carbocycles. The van der Waals surface area contributed by atoms with Crippen LogP contribution in [0.4, 0.5) is 11.4 Å². The Morgan fingerprint density at radius 1 is 1.29 bits per heavy atom. The Bertz CT molecular complexity index is 702. The lowest BCUT2D eigenvalue weighted by atomic mass is 10.1. The zero-order chi connectivity index (χ0) is 15.6. The first-order valence-corrected chi connectivity index (χ1v) is 7.15. The van der Waals surface area contributed by atoms with E-state index in [1.165, 1.54) is 6.07 Å². The molecule has 0 aliphatic rings. The summed E-state index contributed by atoms with van der Waals surface area (Å²) in [6.45, 7) is 3.99. The van der Waals surface area contributed by atoms with Crippen LogP contribution in [0.3, 0.4) is 0 Å². The number of halogens is 1. The van der Waals surface area contributed by atoms with Crippen molar-refractivity contribution in [2.24, 2.45) is 0 Å². The lowest BCUT2D eigenvalue weighted by Crippen LogP contribution is -2.03. The van der Waals surface area contributed by atoms with Crippen molar-refractivity contribution in [1.82, 2.24) is 0 Å². The molecule has 0 aromatic heterocycles. The zero-order valence-corrected chi connectivity index (χ0v) is 13.3. The van der Waals surface area contributed by atoms with Gasteiger partial charge in [-0.15, -0.1) is 0 Å². The maximum absolute atomic E-state index is 11.0. The van der Waals surface area contributed by atoms with E-state index in [9.17, 15) is 15.2 Å². The van der Waals surface area contributed by atoms with E-state index in [2.05, 4.69) is 21.2 Å². The average Bonchev–Trinajstić information content (AvgIpc) is 2.41. The largest absolute Gasteiger partial charge is 0.506 e. The number of hydrogen-bond acceptors (Lipinski definition) is 4. The van der Waals surface area contributed by atoms with Crippen molar-refractivity contribution in [2.45, 2.75) is 20.4 Å². The summed E-state index contributed by atoms with van der Waals surface area (Å²) in [7, 11) is 0. The van der Waals surface area contributed by atoms with Crippen LogP contribution in [0.1, 0.15) is 16.7 Å². The van der Waals surface area contributed by atoms with Gasteiger partial charge in [-0.25, -0.2) is 0 Å². The number of nitrogens with one attached hydrogen (secondary N) is 1. The monoisotopic (exact) mass is 350 g/mol. The Kier molecular flexibility index (Phi) is 4.47. The Labute approximate surface area is 130 Å². The summed E-state index contributed by atoms with van der Waals surface area (Å²) >= 11 is 3.26. The minimum atomic E-state index is -0.392. The predicted octanol–water partition coefficient (Wildman–Crippen LogP) is 4.29. The molecule has 0 spiro atoms. The van der Waals surface area contributed by atoms with Crippen LogP contribution in [0.25, 0.3) is 0 Å². The predicted molar refractivity (Wildman–Crippen MR) is 85.7 cm³/mol. The molecule has 0 unspecified atom stereocenters. The van der Waals surface area contributed by atoms with Crippen molar-refractivity contribution < 1.29 is 10.0 Å². The molecular formula is C15H15BrN2O3. The van der Waals surface area contributed by atoms with Gasteiger partial charge in [-0.05, 0) is 47.5 Å². The van der Waals surface area contributed by atoms with Crippen LogP contribution >= 0.6 is 15.9 Å². The molecule has 2 rings (SSSR count). The number of aromatic hydroxyl groups is 1. The number of hydrogen-bond donors (Lipinski definition) is 2. The Morgan fingerprint density at radius 2 is 2.00 bits per heavy atom. The number of benzene rings is 2. The first kappa shape index (κ1) is 15.3. The van der Waals surface area contributed by atoms with Gasteiger partial charge in [-0.3, -0.25) is 10.1 Å². The number of phenols is 1. The molecule has 5 nitrogen and oxygen atoms in total. The molecular weight excluding hydrogens is 336 g/mol. The lowest BCUT2D eigenvalue weighted by molar-refractivity contribution is -0.385. The first-order chi connectivity index (χ1) is 9.90. The maximum atomic E-state index is 11.0. The third kappa shape index (κ3) is 3.33. The third-order valence-corrected chi connectivity index (χ3v) is 3.92. The van der Waals surface area contributed by atoms with E-state index in [1.54, 1.807) is 25.1 Å². The van der Waals surface area contributed by atoms with Crippen molar-refractivity contribution in [1.29, 1.82) is 0 Å². The molecule has 0 bridgehead atoms. The topological polar surface area (TPSA) is 75.4 Å². The molecule has 0 aliphatic carbocycles. The van der Waals surface area contributed by atoms with E-state index in [4.69, 9.17) is 0 Å². The van der Waals surface area contributed by atoms with Crippen LogP contribution in [0, 0.1) is 24.0 Å². The molecule has 0 amide bonds. The second-order valence-electron chi connectivity index (χ2n) is 4.81. The summed E-state index contributed by atoms with van der Waals surface area (Å²) in [5, 5.41) is 24.1. The highest BCUT2D eigenvalue weighted by Crippen LogP contribution is 2.30. The first-order valence-electron chi connectivity index (χ1n) is 6.36. The number of nitro benzene ring substituents is 1. The summed E-state index contributed by atoms with van der Waals surface area (Å²) < 4.78 is 0.619. The Hall–Kier alpha value is -2.08. The highest BCUT2D eigenvalue weighted by atomic mass is 79.9. The minimum absolute atomic E-state index is 0.0848. The smallest absolute Gasteiger partial charge is 0.274 e. The van der Waals surface area contributed by atoms with Gasteiger partial charge in [0.15, 0.2) is 0 Å². The number of aryl methyl sites for hydroxylation is 2. The van der Waals surface area contributed by atoms with Crippen molar-refractivity contribution in [2.75, 3.05) is 5.32 Å². The molecule has 2 aromatic rings. The van der Waals surface area contributed by atoms with Gasteiger partial charge in [-0.2, -0.15) is 0 Å². The van der Waals surface area contributed by atoms with E-state index in [1.807, 2.05) is 13.0 Å². The van der Waals surface area contributed by atoms with Gasteiger partial charge in [-0.1, -0.05) is 12.1 Å². The summed E-state index contributed by atoms with van der Waals surface area (Å²) in [5.74, 6) is 0.171. The number of rotatable bonds is 4. The molecule has 0 atom stereocenters. The van der Waals surface area contributed by atoms with Gasteiger partial charge in [0.05, 0.1) is 9.40 Å². The van der Waals surface area contributed by atoms with Gasteiger partial charge >= 0.3 is 0 Å². The molecule has 0 fully saturated rings. The van der Waals surface area contributed by atoms with Crippen molar-refractivity contribution in [3.8, 4) is 5.75 Å².